The lowest BCUT2D eigenvalue weighted by atomic mass is 9.61. The molecule has 0 bridgehead atoms. The molecule has 3 heteroatoms. The summed E-state index contributed by atoms with van der Waals surface area (Å²) in [5, 5.41) is 10.3. The molecule has 0 heterocycles. The molecule has 0 spiro atoms. The minimum Gasteiger partial charge on any atom is -0.379 e. The highest BCUT2D eigenvalue weighted by Crippen LogP contribution is 2.47. The Kier molecular flexibility index (Phi) is 2.06. The molecule has 0 aliphatic heterocycles. The smallest absolute Gasteiger partial charge is 0.249 e. The van der Waals surface area contributed by atoms with Crippen LogP contribution in [-0.4, -0.2) is 16.6 Å². The van der Waals surface area contributed by atoms with Crippen LogP contribution >= 0.6 is 0 Å². The number of nitrogens with two attached hydrogens (primary N) is 1. The third-order valence-electron chi connectivity index (χ3n) is 3.85. The lowest BCUT2D eigenvalue weighted by Gasteiger charge is -2.47. The van der Waals surface area contributed by atoms with E-state index in [1.807, 2.05) is 0 Å². The van der Waals surface area contributed by atoms with Gasteiger partial charge in [0.15, 0.2) is 0 Å². The van der Waals surface area contributed by atoms with Crippen LogP contribution in [0.15, 0.2) is 0 Å². The normalized spacial score (nSPS) is 25.0. The van der Waals surface area contributed by atoms with E-state index in [2.05, 4.69) is 0 Å². The van der Waals surface area contributed by atoms with Gasteiger partial charge in [0.05, 0.1) is 0 Å². The minimum atomic E-state index is -1.17. The van der Waals surface area contributed by atoms with E-state index in [-0.39, 0.29) is 11.8 Å². The number of rotatable bonds is 3. The van der Waals surface area contributed by atoms with Crippen LogP contribution in [0.3, 0.4) is 0 Å². The van der Waals surface area contributed by atoms with E-state index in [1.165, 1.54) is 0 Å². The maximum absolute atomic E-state index is 11.3. The van der Waals surface area contributed by atoms with Crippen LogP contribution in [0.4, 0.5) is 0 Å². The number of primary amides is 1. The molecule has 3 nitrogen and oxygen atoms in total. The van der Waals surface area contributed by atoms with Crippen molar-refractivity contribution in [1.82, 2.24) is 0 Å². The van der Waals surface area contributed by atoms with Crippen LogP contribution in [0.5, 0.6) is 0 Å². The Bertz CT molecular complexity index is 205. The van der Waals surface area contributed by atoms with Crippen molar-refractivity contribution in [2.45, 2.75) is 44.1 Å². The lowest BCUT2D eigenvalue weighted by molar-refractivity contribution is -0.163. The van der Waals surface area contributed by atoms with E-state index < -0.39 is 11.5 Å². The summed E-state index contributed by atoms with van der Waals surface area (Å²) in [5.74, 6) is -0.201. The van der Waals surface area contributed by atoms with Crippen LogP contribution < -0.4 is 5.73 Å². The van der Waals surface area contributed by atoms with E-state index in [0.717, 1.165) is 38.5 Å². The van der Waals surface area contributed by atoms with Crippen LogP contribution in [0, 0.1) is 11.8 Å². The van der Waals surface area contributed by atoms with Gasteiger partial charge in [-0.15, -0.1) is 0 Å². The highest BCUT2D eigenvalue weighted by molar-refractivity contribution is 5.84. The average molecular weight is 183 g/mol. The molecule has 2 saturated carbocycles. The number of carbonyl (C=O) groups is 1. The largest absolute Gasteiger partial charge is 0.379 e. The van der Waals surface area contributed by atoms with Gasteiger partial charge in [-0.25, -0.2) is 0 Å². The average Bonchev–Trinajstić information content (AvgIpc) is 1.77. The molecule has 0 atom stereocenters. The number of aliphatic hydroxyl groups is 1. The van der Waals surface area contributed by atoms with Crippen molar-refractivity contribution in [3.63, 3.8) is 0 Å². The second kappa shape index (κ2) is 2.98. The number of hydrogen-bond donors (Lipinski definition) is 2. The molecule has 0 aromatic heterocycles. The van der Waals surface area contributed by atoms with Crippen LogP contribution in [0.25, 0.3) is 0 Å². The van der Waals surface area contributed by atoms with Gasteiger partial charge in [-0.2, -0.15) is 0 Å². The van der Waals surface area contributed by atoms with E-state index in [4.69, 9.17) is 5.73 Å². The fraction of sp³-hybridized carbons (Fsp3) is 0.900. The molecule has 2 aliphatic carbocycles. The van der Waals surface area contributed by atoms with E-state index in [9.17, 15) is 9.90 Å². The zero-order chi connectivity index (χ0) is 9.47. The number of amides is 1. The summed E-state index contributed by atoms with van der Waals surface area (Å²) in [6.07, 6.45) is 6.14. The van der Waals surface area contributed by atoms with Gasteiger partial charge < -0.3 is 10.8 Å². The molecule has 0 aromatic rings. The molecule has 0 radical (unpaired) electrons. The van der Waals surface area contributed by atoms with Gasteiger partial charge in [0.25, 0.3) is 0 Å². The molecule has 3 N–H and O–H groups in total. The van der Waals surface area contributed by atoms with Crippen molar-refractivity contribution in [1.29, 1.82) is 0 Å². The summed E-state index contributed by atoms with van der Waals surface area (Å²) < 4.78 is 0. The maximum Gasteiger partial charge on any atom is 0.249 e. The molecule has 0 saturated heterocycles. The van der Waals surface area contributed by atoms with Gasteiger partial charge >= 0.3 is 0 Å². The van der Waals surface area contributed by atoms with Gasteiger partial charge in [0.1, 0.15) is 5.60 Å². The second-order valence-electron chi connectivity index (χ2n) is 4.45. The SMILES string of the molecule is NC(=O)C(O)(C1CCC1)C1CCC1. The predicted octanol–water partition coefficient (Wildman–Crippen LogP) is 0.803. The Labute approximate surface area is 78.3 Å². The molecule has 2 fully saturated rings. The third-order valence-corrected chi connectivity index (χ3v) is 3.85. The summed E-state index contributed by atoms with van der Waals surface area (Å²) in [4.78, 5) is 11.3. The maximum atomic E-state index is 11.3. The third kappa shape index (κ3) is 1.17. The van der Waals surface area contributed by atoms with Gasteiger partial charge in [-0.05, 0) is 37.5 Å². The van der Waals surface area contributed by atoms with Gasteiger partial charge in [0, 0.05) is 0 Å². The number of carbonyl (C=O) groups excluding carboxylic acids is 1. The monoisotopic (exact) mass is 183 g/mol. The van der Waals surface area contributed by atoms with Gasteiger partial charge in [0.2, 0.25) is 5.91 Å². The summed E-state index contributed by atoms with van der Waals surface area (Å²) >= 11 is 0. The van der Waals surface area contributed by atoms with Crippen molar-refractivity contribution < 1.29 is 9.90 Å². The minimum absolute atomic E-state index is 0.148. The van der Waals surface area contributed by atoms with E-state index in [1.54, 1.807) is 0 Å². The molecular weight excluding hydrogens is 166 g/mol. The highest BCUT2D eigenvalue weighted by Gasteiger charge is 2.52. The first-order valence-corrected chi connectivity index (χ1v) is 5.18. The standard InChI is InChI=1S/C10H17NO2/c11-9(12)10(13,7-3-1-4-7)8-5-2-6-8/h7-8,13H,1-6H2,(H2,11,12). The van der Waals surface area contributed by atoms with E-state index in [0.29, 0.717) is 0 Å². The predicted molar refractivity (Wildman–Crippen MR) is 48.8 cm³/mol. The van der Waals surface area contributed by atoms with Crippen LogP contribution in [0.1, 0.15) is 38.5 Å². The lowest BCUT2D eigenvalue weighted by Crippen LogP contribution is -2.58. The summed E-state index contributed by atoms with van der Waals surface area (Å²) in [5.41, 5.74) is 4.13. The Morgan fingerprint density at radius 2 is 1.54 bits per heavy atom. The van der Waals surface area contributed by atoms with Crippen molar-refractivity contribution in [2.75, 3.05) is 0 Å². The molecule has 0 unspecified atom stereocenters. The molecular formula is C10H17NO2. The first kappa shape index (κ1) is 9.00. The molecule has 2 rings (SSSR count). The fourth-order valence-corrected chi connectivity index (χ4v) is 2.43. The van der Waals surface area contributed by atoms with E-state index >= 15 is 0 Å². The summed E-state index contributed by atoms with van der Waals surface area (Å²) in [7, 11) is 0. The van der Waals surface area contributed by atoms with Crippen molar-refractivity contribution in [3.8, 4) is 0 Å². The zero-order valence-electron chi connectivity index (χ0n) is 7.83. The Morgan fingerprint density at radius 3 is 1.69 bits per heavy atom. The van der Waals surface area contributed by atoms with Gasteiger partial charge in [-0.1, -0.05) is 12.8 Å². The molecule has 1 amide bonds. The highest BCUT2D eigenvalue weighted by atomic mass is 16.3. The molecule has 74 valence electrons. The molecule has 2 aliphatic rings. The van der Waals surface area contributed by atoms with Crippen molar-refractivity contribution >= 4 is 5.91 Å². The van der Waals surface area contributed by atoms with Crippen molar-refractivity contribution in [2.24, 2.45) is 17.6 Å². The topological polar surface area (TPSA) is 63.3 Å². The van der Waals surface area contributed by atoms with Crippen molar-refractivity contribution in [3.05, 3.63) is 0 Å². The first-order valence-electron chi connectivity index (χ1n) is 5.18. The van der Waals surface area contributed by atoms with Gasteiger partial charge in [-0.3, -0.25) is 4.79 Å². The molecule has 0 aromatic carbocycles. The fourth-order valence-electron chi connectivity index (χ4n) is 2.43. The second-order valence-corrected chi connectivity index (χ2v) is 4.45. The summed E-state index contributed by atoms with van der Waals surface area (Å²) in [6.45, 7) is 0. The Hall–Kier alpha value is -0.570. The molecule has 13 heavy (non-hydrogen) atoms. The number of hydrogen-bond acceptors (Lipinski definition) is 2. The summed E-state index contributed by atoms with van der Waals surface area (Å²) in [6, 6.07) is 0. The van der Waals surface area contributed by atoms with Crippen LogP contribution in [-0.2, 0) is 4.79 Å². The first-order chi connectivity index (χ1) is 6.15. The Balaban J connectivity index is 2.12. The van der Waals surface area contributed by atoms with Crippen LogP contribution in [0.2, 0.25) is 0 Å². The zero-order valence-corrected chi connectivity index (χ0v) is 7.83. The Morgan fingerprint density at radius 1 is 1.15 bits per heavy atom. The quantitative estimate of drug-likeness (QED) is 0.680.